The molecule has 0 bridgehead atoms. The quantitative estimate of drug-likeness (QED) is 0.534. The fraction of sp³-hybridized carbons (Fsp3) is 1.00. The Kier molecular flexibility index (Phi) is 7.38. The van der Waals surface area contributed by atoms with E-state index < -0.39 is 16.1 Å². The maximum atomic E-state index is 2.67. The van der Waals surface area contributed by atoms with Gasteiger partial charge in [0.2, 0.25) is 0 Å². The summed E-state index contributed by atoms with van der Waals surface area (Å²) in [5.74, 6) is 0. The summed E-state index contributed by atoms with van der Waals surface area (Å²) in [6, 6.07) is 2.93. The van der Waals surface area contributed by atoms with Gasteiger partial charge in [-0.25, -0.2) is 0 Å². The lowest BCUT2D eigenvalue weighted by Gasteiger charge is -2.40. The van der Waals surface area contributed by atoms with E-state index in [-0.39, 0.29) is 16.6 Å². The van der Waals surface area contributed by atoms with Crippen molar-refractivity contribution < 1.29 is 0 Å². The first-order valence-corrected chi connectivity index (χ1v) is 19.4. The topological polar surface area (TPSA) is 0 Å². The van der Waals surface area contributed by atoms with Gasteiger partial charge in [-0.15, -0.1) is 0 Å². The van der Waals surface area contributed by atoms with Gasteiger partial charge in [-0.1, -0.05) is 89.4 Å². The highest BCUT2D eigenvalue weighted by Crippen LogP contribution is 2.34. The highest BCUT2D eigenvalue weighted by Gasteiger charge is 2.39. The van der Waals surface area contributed by atoms with E-state index in [2.05, 4.69) is 67.0 Å². The highest BCUT2D eigenvalue weighted by atomic mass is 29.2. The van der Waals surface area contributed by atoms with Crippen molar-refractivity contribution in [3.63, 3.8) is 0 Å². The Bertz CT molecular complexity index is 224. The van der Waals surface area contributed by atoms with Crippen LogP contribution in [0.4, 0.5) is 0 Å². The average Bonchev–Trinajstić information content (AvgIpc) is 2.34. The lowest BCUT2D eigenvalue weighted by Crippen LogP contribution is -2.51. The summed E-state index contributed by atoms with van der Waals surface area (Å²) in [7, 11) is -2.09. The van der Waals surface area contributed by atoms with Crippen LogP contribution < -0.4 is 0 Å². The van der Waals surface area contributed by atoms with Crippen LogP contribution in [0.1, 0.15) is 27.7 Å². The van der Waals surface area contributed by atoms with Gasteiger partial charge in [-0.05, 0) is 0 Å². The molecule has 0 aromatic carbocycles. The predicted octanol–water partition coefficient (Wildman–Crippen LogP) is 5.63. The van der Waals surface area contributed by atoms with Crippen molar-refractivity contribution >= 4 is 32.8 Å². The third-order valence-corrected chi connectivity index (χ3v) is 33.6. The lowest BCUT2D eigenvalue weighted by atomic mass is 10.9. The van der Waals surface area contributed by atoms with Crippen molar-refractivity contribution in [2.45, 2.75) is 89.4 Å². The molecule has 0 aromatic rings. The SMILES string of the molecule is CC[Si](C)(C)C(C)[Si](C)[Si](C)C(C)[Si](C)(C)CC. The zero-order valence-electron chi connectivity index (χ0n) is 14.6. The van der Waals surface area contributed by atoms with E-state index in [1.807, 2.05) is 0 Å². The molecule has 0 aromatic heterocycles. The van der Waals surface area contributed by atoms with Crippen LogP contribution in [0.2, 0.25) is 61.7 Å². The molecule has 2 radical (unpaired) electrons. The molecule has 108 valence electrons. The summed E-state index contributed by atoms with van der Waals surface area (Å²) in [6.45, 7) is 25.9. The fourth-order valence-corrected chi connectivity index (χ4v) is 30.9. The molecule has 0 saturated heterocycles. The maximum Gasteiger partial charge on any atom is 0.0468 e. The third-order valence-electron chi connectivity index (χ3n) is 6.09. The molecular formula is C14H36Si4. The Labute approximate surface area is 122 Å². The van der Waals surface area contributed by atoms with Gasteiger partial charge in [0, 0.05) is 32.8 Å². The van der Waals surface area contributed by atoms with E-state index in [9.17, 15) is 0 Å². The molecule has 0 aliphatic rings. The molecule has 0 fully saturated rings. The minimum absolute atomic E-state index is 0.107. The van der Waals surface area contributed by atoms with E-state index in [0.717, 1.165) is 10.3 Å². The first kappa shape index (κ1) is 18.9. The summed E-state index contributed by atoms with van der Waals surface area (Å²) >= 11 is 0. The van der Waals surface area contributed by atoms with Crippen LogP contribution in [-0.2, 0) is 0 Å². The van der Waals surface area contributed by atoms with E-state index in [1.54, 1.807) is 0 Å². The van der Waals surface area contributed by atoms with Crippen molar-refractivity contribution in [2.75, 3.05) is 0 Å². The maximum absolute atomic E-state index is 2.67. The van der Waals surface area contributed by atoms with Gasteiger partial charge in [0.05, 0.1) is 0 Å². The van der Waals surface area contributed by atoms with Gasteiger partial charge >= 0.3 is 0 Å². The van der Waals surface area contributed by atoms with Crippen LogP contribution in [0.15, 0.2) is 0 Å². The van der Waals surface area contributed by atoms with Crippen LogP contribution in [-0.4, -0.2) is 32.8 Å². The second-order valence-electron chi connectivity index (χ2n) is 7.49. The van der Waals surface area contributed by atoms with Crippen molar-refractivity contribution in [1.29, 1.82) is 0 Å². The monoisotopic (exact) mass is 316 g/mol. The molecule has 4 heteroatoms. The molecule has 0 saturated carbocycles. The molecule has 0 nitrogen and oxygen atoms in total. The molecule has 0 aliphatic carbocycles. The normalized spacial score (nSPS) is 17.3. The van der Waals surface area contributed by atoms with Crippen molar-refractivity contribution in [1.82, 2.24) is 0 Å². The molecule has 2 atom stereocenters. The Hall–Kier alpha value is 0.868. The van der Waals surface area contributed by atoms with Gasteiger partial charge < -0.3 is 0 Å². The Morgan fingerprint density at radius 3 is 1.11 bits per heavy atom. The first-order chi connectivity index (χ1) is 8.01. The molecular weight excluding hydrogens is 280 g/mol. The zero-order chi connectivity index (χ0) is 14.7. The summed E-state index contributed by atoms with van der Waals surface area (Å²) in [6.07, 6.45) is 0. The van der Waals surface area contributed by atoms with E-state index >= 15 is 0 Å². The van der Waals surface area contributed by atoms with Crippen LogP contribution in [0.3, 0.4) is 0 Å². The Morgan fingerprint density at radius 2 is 0.944 bits per heavy atom. The third kappa shape index (κ3) is 4.46. The van der Waals surface area contributed by atoms with E-state index in [1.165, 1.54) is 12.1 Å². The minimum atomic E-state index is -0.936. The molecule has 0 rings (SSSR count). The van der Waals surface area contributed by atoms with Gasteiger partial charge in [0.25, 0.3) is 0 Å². The second-order valence-corrected chi connectivity index (χ2v) is 28.9. The number of hydrogen-bond acceptors (Lipinski definition) is 0. The molecule has 0 heterocycles. The Morgan fingerprint density at radius 1 is 0.722 bits per heavy atom. The summed E-state index contributed by atoms with van der Waals surface area (Å²) < 4.78 is 0. The minimum Gasteiger partial charge on any atom is -0.0733 e. The van der Waals surface area contributed by atoms with Crippen LogP contribution >= 0.6 is 0 Å². The largest absolute Gasteiger partial charge is 0.0733 e. The van der Waals surface area contributed by atoms with Crippen LogP contribution in [0, 0.1) is 0 Å². The van der Waals surface area contributed by atoms with Crippen molar-refractivity contribution in [3.8, 4) is 0 Å². The lowest BCUT2D eigenvalue weighted by molar-refractivity contribution is 1.14. The summed E-state index contributed by atoms with van der Waals surface area (Å²) in [5.41, 5.74) is 0. The van der Waals surface area contributed by atoms with E-state index in [4.69, 9.17) is 0 Å². The number of hydrogen-bond donors (Lipinski definition) is 0. The fourth-order valence-electron chi connectivity index (χ4n) is 2.47. The summed E-state index contributed by atoms with van der Waals surface area (Å²) in [4.78, 5) is 0. The molecule has 0 amide bonds. The predicted molar refractivity (Wildman–Crippen MR) is 98.0 cm³/mol. The van der Waals surface area contributed by atoms with Gasteiger partial charge in [-0.2, -0.15) is 0 Å². The Balaban J connectivity index is 4.84. The average molecular weight is 317 g/mol. The van der Waals surface area contributed by atoms with Crippen LogP contribution in [0.5, 0.6) is 0 Å². The molecule has 0 aliphatic heterocycles. The standard InChI is InChI=1S/C14H36Si4/c1-11-17(7,8)13(3)15(5)16(6)14(4)18(9,10)12-2/h13-14H,11-12H2,1-10H3. The second kappa shape index (κ2) is 7.04. The smallest absolute Gasteiger partial charge is 0.0468 e. The first-order valence-electron chi connectivity index (χ1n) is 7.68. The molecule has 0 spiro atoms. The van der Waals surface area contributed by atoms with Gasteiger partial charge in [0.1, 0.15) is 0 Å². The van der Waals surface area contributed by atoms with Gasteiger partial charge in [0.15, 0.2) is 0 Å². The van der Waals surface area contributed by atoms with Crippen LogP contribution in [0.25, 0.3) is 0 Å². The molecule has 0 N–H and O–H groups in total. The van der Waals surface area contributed by atoms with E-state index in [0.29, 0.717) is 0 Å². The molecule has 18 heavy (non-hydrogen) atoms. The van der Waals surface area contributed by atoms with Gasteiger partial charge in [-0.3, -0.25) is 0 Å². The highest BCUT2D eigenvalue weighted by molar-refractivity contribution is 7.29. The summed E-state index contributed by atoms with van der Waals surface area (Å²) in [5, 5.41) is 2.19. The molecule has 2 unspecified atom stereocenters. The van der Waals surface area contributed by atoms with Crippen molar-refractivity contribution in [3.05, 3.63) is 0 Å². The number of rotatable bonds is 7. The van der Waals surface area contributed by atoms with Crippen molar-refractivity contribution in [2.24, 2.45) is 0 Å². The zero-order valence-corrected chi connectivity index (χ0v) is 18.6.